The lowest BCUT2D eigenvalue weighted by molar-refractivity contribution is -0.162. The van der Waals surface area contributed by atoms with Gasteiger partial charge in [-0.05, 0) is 50.3 Å². The predicted molar refractivity (Wildman–Crippen MR) is 102 cm³/mol. The lowest BCUT2D eigenvalue weighted by Gasteiger charge is -2.35. The van der Waals surface area contributed by atoms with Crippen LogP contribution < -0.4 is 4.74 Å². The molecular formula is C21H31NO5. The Bertz CT molecular complexity index is 626. The monoisotopic (exact) mass is 377 g/mol. The standard InChI is InChI=1S/C21H31NO5/c1-4-27-18-11-7-16(8-12-18)22-13-19(21(14-22,26-3)20(23)24)15-5-9-17(25-2)10-6-15/h5-6,9-10,16,18-19H,4,7-8,11-14H2,1-3H3,(H,23,24)/t16-,18-,19-,21-/m0/s1. The Morgan fingerprint density at radius 3 is 2.37 bits per heavy atom. The van der Waals surface area contributed by atoms with Gasteiger partial charge in [0.05, 0.1) is 13.2 Å². The van der Waals surface area contributed by atoms with E-state index >= 15 is 0 Å². The molecule has 0 spiro atoms. The highest BCUT2D eigenvalue weighted by Gasteiger charge is 2.55. The van der Waals surface area contributed by atoms with Crippen molar-refractivity contribution in [2.75, 3.05) is 33.9 Å². The highest BCUT2D eigenvalue weighted by atomic mass is 16.5. The number of carbonyl (C=O) groups is 1. The third kappa shape index (κ3) is 3.98. The predicted octanol–water partition coefficient (Wildman–Crippen LogP) is 2.91. The third-order valence-corrected chi connectivity index (χ3v) is 6.22. The largest absolute Gasteiger partial charge is 0.497 e. The van der Waals surface area contributed by atoms with E-state index in [0.29, 0.717) is 25.2 Å². The molecule has 0 bridgehead atoms. The van der Waals surface area contributed by atoms with Crippen LogP contribution in [-0.4, -0.2) is 67.6 Å². The van der Waals surface area contributed by atoms with E-state index in [4.69, 9.17) is 14.2 Å². The average molecular weight is 377 g/mol. The molecule has 2 atom stereocenters. The summed E-state index contributed by atoms with van der Waals surface area (Å²) in [6, 6.07) is 8.06. The molecule has 150 valence electrons. The molecule has 1 saturated heterocycles. The number of ether oxygens (including phenoxy) is 3. The van der Waals surface area contributed by atoms with Crippen LogP contribution in [0.15, 0.2) is 24.3 Å². The highest BCUT2D eigenvalue weighted by molar-refractivity contribution is 5.80. The number of rotatable bonds is 7. The zero-order chi connectivity index (χ0) is 19.4. The number of carboxylic acid groups (broad SMARTS) is 1. The van der Waals surface area contributed by atoms with Gasteiger partial charge in [0, 0.05) is 38.8 Å². The second-order valence-corrected chi connectivity index (χ2v) is 7.54. The van der Waals surface area contributed by atoms with Crippen molar-refractivity contribution in [3.63, 3.8) is 0 Å². The maximum Gasteiger partial charge on any atom is 0.338 e. The van der Waals surface area contributed by atoms with E-state index in [1.165, 1.54) is 7.11 Å². The summed E-state index contributed by atoms with van der Waals surface area (Å²) in [6.07, 6.45) is 4.50. The van der Waals surface area contributed by atoms with Gasteiger partial charge in [0.25, 0.3) is 0 Å². The van der Waals surface area contributed by atoms with Crippen molar-refractivity contribution < 1.29 is 24.1 Å². The minimum Gasteiger partial charge on any atom is -0.497 e. The summed E-state index contributed by atoms with van der Waals surface area (Å²) < 4.78 is 16.7. The van der Waals surface area contributed by atoms with Crippen molar-refractivity contribution >= 4 is 5.97 Å². The first-order valence-electron chi connectivity index (χ1n) is 9.82. The number of hydrogen-bond acceptors (Lipinski definition) is 5. The van der Waals surface area contributed by atoms with Gasteiger partial charge in [0.1, 0.15) is 5.75 Å². The van der Waals surface area contributed by atoms with E-state index in [2.05, 4.69) is 4.90 Å². The summed E-state index contributed by atoms with van der Waals surface area (Å²) in [6.45, 7) is 3.89. The van der Waals surface area contributed by atoms with Gasteiger partial charge >= 0.3 is 5.97 Å². The summed E-state index contributed by atoms with van der Waals surface area (Å²) in [5, 5.41) is 10.0. The van der Waals surface area contributed by atoms with Gasteiger partial charge in [-0.25, -0.2) is 4.79 Å². The molecule has 0 aromatic heterocycles. The van der Waals surface area contributed by atoms with Crippen molar-refractivity contribution in [2.24, 2.45) is 0 Å². The van der Waals surface area contributed by atoms with E-state index in [1.54, 1.807) is 7.11 Å². The van der Waals surface area contributed by atoms with Crippen LogP contribution in [0.2, 0.25) is 0 Å². The van der Waals surface area contributed by atoms with Gasteiger partial charge in [0.2, 0.25) is 0 Å². The van der Waals surface area contributed by atoms with Crippen LogP contribution in [-0.2, 0) is 14.3 Å². The molecule has 1 saturated carbocycles. The van der Waals surface area contributed by atoms with Crippen molar-refractivity contribution in [3.05, 3.63) is 29.8 Å². The molecular weight excluding hydrogens is 346 g/mol. The summed E-state index contributed by atoms with van der Waals surface area (Å²) in [5.74, 6) is -0.340. The van der Waals surface area contributed by atoms with E-state index in [0.717, 1.165) is 43.6 Å². The number of methoxy groups -OCH3 is 2. The number of likely N-dealkylation sites (tertiary alicyclic amines) is 1. The SMILES string of the molecule is CCO[C@H]1CC[C@H](N2C[C@@H](c3ccc(OC)cc3)[C@](OC)(C(=O)O)C2)CC1. The first-order valence-corrected chi connectivity index (χ1v) is 9.82. The molecule has 1 aliphatic heterocycles. The molecule has 0 radical (unpaired) electrons. The molecule has 1 heterocycles. The van der Waals surface area contributed by atoms with Crippen LogP contribution in [0, 0.1) is 0 Å². The third-order valence-electron chi connectivity index (χ3n) is 6.22. The van der Waals surface area contributed by atoms with Gasteiger partial charge < -0.3 is 19.3 Å². The van der Waals surface area contributed by atoms with Crippen molar-refractivity contribution in [3.8, 4) is 5.75 Å². The van der Waals surface area contributed by atoms with Crippen molar-refractivity contribution in [1.29, 1.82) is 0 Å². The molecule has 1 aromatic carbocycles. The highest BCUT2D eigenvalue weighted by Crippen LogP contribution is 2.42. The Morgan fingerprint density at radius 2 is 1.85 bits per heavy atom. The minimum atomic E-state index is -1.22. The molecule has 2 aliphatic rings. The van der Waals surface area contributed by atoms with E-state index < -0.39 is 11.6 Å². The van der Waals surface area contributed by atoms with Crippen LogP contribution >= 0.6 is 0 Å². The normalized spacial score (nSPS) is 31.7. The van der Waals surface area contributed by atoms with Crippen LogP contribution in [0.1, 0.15) is 44.1 Å². The Morgan fingerprint density at radius 1 is 1.19 bits per heavy atom. The zero-order valence-corrected chi connectivity index (χ0v) is 16.5. The van der Waals surface area contributed by atoms with Gasteiger partial charge in [0.15, 0.2) is 5.60 Å². The quantitative estimate of drug-likeness (QED) is 0.788. The van der Waals surface area contributed by atoms with Gasteiger partial charge in [-0.15, -0.1) is 0 Å². The lowest BCUT2D eigenvalue weighted by atomic mass is 9.84. The summed E-state index contributed by atoms with van der Waals surface area (Å²) in [4.78, 5) is 14.5. The van der Waals surface area contributed by atoms with E-state index in [9.17, 15) is 9.90 Å². The maximum atomic E-state index is 12.2. The molecule has 1 aromatic rings. The maximum absolute atomic E-state index is 12.2. The summed E-state index contributed by atoms with van der Waals surface area (Å²) in [5.41, 5.74) is -0.240. The zero-order valence-electron chi connectivity index (χ0n) is 16.5. The Labute approximate surface area is 161 Å². The van der Waals surface area contributed by atoms with E-state index in [-0.39, 0.29) is 5.92 Å². The van der Waals surface area contributed by atoms with Crippen LogP contribution in [0.3, 0.4) is 0 Å². The lowest BCUT2D eigenvalue weighted by Crippen LogP contribution is -2.48. The Kier molecular flexibility index (Phi) is 6.40. The molecule has 1 aliphatic carbocycles. The molecule has 0 amide bonds. The molecule has 6 heteroatoms. The van der Waals surface area contributed by atoms with Crippen LogP contribution in [0.4, 0.5) is 0 Å². The number of hydrogen-bond donors (Lipinski definition) is 1. The second kappa shape index (κ2) is 8.59. The minimum absolute atomic E-state index is 0.212. The van der Waals surface area contributed by atoms with Gasteiger partial charge in [-0.2, -0.15) is 0 Å². The average Bonchev–Trinajstić information content (AvgIpc) is 3.10. The fourth-order valence-corrected chi connectivity index (χ4v) is 4.67. The molecule has 0 unspecified atom stereocenters. The number of aliphatic carboxylic acids is 1. The van der Waals surface area contributed by atoms with Crippen LogP contribution in [0.25, 0.3) is 0 Å². The number of benzene rings is 1. The molecule has 6 nitrogen and oxygen atoms in total. The fraction of sp³-hybridized carbons (Fsp3) is 0.667. The van der Waals surface area contributed by atoms with E-state index in [1.807, 2.05) is 31.2 Å². The molecule has 27 heavy (non-hydrogen) atoms. The molecule has 3 rings (SSSR count). The Hall–Kier alpha value is -1.63. The fourth-order valence-electron chi connectivity index (χ4n) is 4.67. The summed E-state index contributed by atoms with van der Waals surface area (Å²) in [7, 11) is 3.14. The van der Waals surface area contributed by atoms with Crippen molar-refractivity contribution in [2.45, 2.75) is 56.3 Å². The first kappa shape index (κ1) is 20.1. The van der Waals surface area contributed by atoms with Gasteiger partial charge in [-0.3, -0.25) is 4.90 Å². The number of carboxylic acids is 1. The van der Waals surface area contributed by atoms with Crippen LogP contribution in [0.5, 0.6) is 5.75 Å². The molecule has 1 N–H and O–H groups in total. The second-order valence-electron chi connectivity index (χ2n) is 7.54. The van der Waals surface area contributed by atoms with Gasteiger partial charge in [-0.1, -0.05) is 12.1 Å². The summed E-state index contributed by atoms with van der Waals surface area (Å²) >= 11 is 0. The van der Waals surface area contributed by atoms with Crippen molar-refractivity contribution in [1.82, 2.24) is 4.90 Å². The first-order chi connectivity index (χ1) is 13.0. The topological polar surface area (TPSA) is 68.2 Å². The Balaban J connectivity index is 1.79. The smallest absolute Gasteiger partial charge is 0.338 e. The molecule has 2 fully saturated rings. The number of nitrogens with zero attached hydrogens (tertiary/aromatic N) is 1.